The minimum Gasteiger partial charge on any atom is -0.483 e. The van der Waals surface area contributed by atoms with Gasteiger partial charge in [-0.2, -0.15) is 0 Å². The van der Waals surface area contributed by atoms with Crippen molar-refractivity contribution in [2.24, 2.45) is 23.2 Å². The fraction of sp³-hybridized carbons (Fsp3) is 0.600. The van der Waals surface area contributed by atoms with Crippen molar-refractivity contribution in [3.05, 3.63) is 12.2 Å². The zero-order chi connectivity index (χ0) is 10.3. The maximum Gasteiger partial charge on any atom is 0.306 e. The van der Waals surface area contributed by atoms with Crippen LogP contribution in [-0.4, -0.2) is 22.7 Å². The molecule has 2 saturated carbocycles. The third kappa shape index (κ3) is 0.997. The summed E-state index contributed by atoms with van der Waals surface area (Å²) in [4.78, 5) is 19.1. The summed E-state index contributed by atoms with van der Waals surface area (Å²) in [7, 11) is 0. The first-order chi connectivity index (χ1) is 6.65. The van der Waals surface area contributed by atoms with Crippen molar-refractivity contribution in [3.63, 3.8) is 0 Å². The summed E-state index contributed by atoms with van der Waals surface area (Å²) >= 11 is 0. The van der Waals surface area contributed by atoms with Gasteiger partial charge < -0.3 is 10.2 Å². The van der Waals surface area contributed by atoms with Crippen molar-refractivity contribution in [2.75, 3.05) is 0 Å². The molecular weight excluding hydrogens is 184 g/mol. The van der Waals surface area contributed by atoms with Crippen molar-refractivity contribution in [1.29, 1.82) is 0 Å². The number of rotatable bonds is 1. The van der Waals surface area contributed by atoms with Crippen LogP contribution in [0.3, 0.4) is 0 Å². The van der Waals surface area contributed by atoms with Crippen LogP contribution in [0.4, 0.5) is 0 Å². The Bertz CT molecular complexity index is 309. The molecule has 4 atom stereocenters. The normalized spacial score (nSPS) is 45.0. The average molecular weight is 196 g/mol. The number of carbonyl (C=O) groups is 2. The van der Waals surface area contributed by atoms with E-state index in [9.17, 15) is 4.79 Å². The van der Waals surface area contributed by atoms with Gasteiger partial charge in [-0.25, -0.2) is 0 Å². The van der Waals surface area contributed by atoms with Crippen LogP contribution in [0.5, 0.6) is 0 Å². The third-order valence-corrected chi connectivity index (χ3v) is 3.74. The van der Waals surface area contributed by atoms with Crippen LogP contribution in [0.15, 0.2) is 12.2 Å². The Morgan fingerprint density at radius 2 is 2.21 bits per heavy atom. The van der Waals surface area contributed by atoms with E-state index in [1.165, 1.54) is 0 Å². The maximum atomic E-state index is 10.7. The Morgan fingerprint density at radius 3 is 2.43 bits per heavy atom. The molecule has 0 aromatic heterocycles. The third-order valence-electron chi connectivity index (χ3n) is 3.74. The molecule has 0 saturated heterocycles. The maximum absolute atomic E-state index is 10.7. The summed E-state index contributed by atoms with van der Waals surface area (Å²) in [6, 6.07) is 0. The van der Waals surface area contributed by atoms with Gasteiger partial charge in [0.15, 0.2) is 0 Å². The van der Waals surface area contributed by atoms with E-state index < -0.39 is 5.97 Å². The van der Waals surface area contributed by atoms with E-state index in [1.54, 1.807) is 0 Å². The fourth-order valence-corrected chi connectivity index (χ4v) is 2.95. The van der Waals surface area contributed by atoms with Gasteiger partial charge in [-0.05, 0) is 30.1 Å². The van der Waals surface area contributed by atoms with Crippen molar-refractivity contribution >= 4 is 12.4 Å². The van der Waals surface area contributed by atoms with E-state index >= 15 is 0 Å². The van der Waals surface area contributed by atoms with Gasteiger partial charge in [-0.3, -0.25) is 9.59 Å². The average Bonchev–Trinajstić information content (AvgIpc) is 2.77. The molecule has 14 heavy (non-hydrogen) atoms. The quantitative estimate of drug-likeness (QED) is 0.484. The van der Waals surface area contributed by atoms with Crippen LogP contribution in [0.1, 0.15) is 12.8 Å². The summed E-state index contributed by atoms with van der Waals surface area (Å²) in [5.41, 5.74) is 0.392. The molecule has 1 spiro atoms. The van der Waals surface area contributed by atoms with Gasteiger partial charge in [-0.15, -0.1) is 0 Å². The van der Waals surface area contributed by atoms with Crippen molar-refractivity contribution in [3.8, 4) is 0 Å². The van der Waals surface area contributed by atoms with Gasteiger partial charge in [0, 0.05) is 0 Å². The molecule has 4 nitrogen and oxygen atoms in total. The summed E-state index contributed by atoms with van der Waals surface area (Å²) in [6.07, 6.45) is 6.45. The molecule has 0 aliphatic heterocycles. The second-order valence-electron chi connectivity index (χ2n) is 4.17. The molecule has 0 bridgehead atoms. The predicted molar refractivity (Wildman–Crippen MR) is 47.6 cm³/mol. The molecule has 0 heterocycles. The topological polar surface area (TPSA) is 74.6 Å². The van der Waals surface area contributed by atoms with Crippen LogP contribution in [0.25, 0.3) is 0 Å². The molecule has 4 heteroatoms. The van der Waals surface area contributed by atoms with Crippen LogP contribution in [0.2, 0.25) is 0 Å². The highest BCUT2D eigenvalue weighted by atomic mass is 16.4. The first-order valence-corrected chi connectivity index (χ1v) is 4.65. The van der Waals surface area contributed by atoms with Crippen LogP contribution >= 0.6 is 0 Å². The van der Waals surface area contributed by atoms with Gasteiger partial charge in [0.05, 0.1) is 5.92 Å². The summed E-state index contributed by atoms with van der Waals surface area (Å²) < 4.78 is 0. The zero-order valence-electron chi connectivity index (χ0n) is 7.59. The SMILES string of the molecule is O=C(O)[C@H]1C[C@@H]2C=CC23CC13.O=CO. The predicted octanol–water partition coefficient (Wildman–Crippen LogP) is 0.984. The molecule has 3 rings (SSSR count). The molecule has 2 unspecified atom stereocenters. The molecular formula is C10H12O4. The molecule has 0 radical (unpaired) electrons. The van der Waals surface area contributed by atoms with E-state index in [0.29, 0.717) is 17.3 Å². The van der Waals surface area contributed by atoms with E-state index in [1.807, 2.05) is 0 Å². The minimum absolute atomic E-state index is 0.0324. The van der Waals surface area contributed by atoms with Gasteiger partial charge >= 0.3 is 5.97 Å². The zero-order valence-corrected chi connectivity index (χ0v) is 7.59. The molecule has 0 aromatic carbocycles. The van der Waals surface area contributed by atoms with Crippen molar-refractivity contribution in [1.82, 2.24) is 0 Å². The number of hydrogen-bond donors (Lipinski definition) is 2. The molecule has 0 amide bonds. The molecule has 3 aliphatic carbocycles. The molecule has 76 valence electrons. The Morgan fingerprint density at radius 1 is 1.57 bits per heavy atom. The first kappa shape index (κ1) is 9.24. The lowest BCUT2D eigenvalue weighted by Crippen LogP contribution is -2.17. The Hall–Kier alpha value is -1.32. The standard InChI is InChI=1S/C9H10O2.CH2O2/c10-8(11)6-3-5-1-2-9(5)4-7(6)9;2-1-3/h1-2,5-7H,3-4H2,(H,10,11);1H,(H,2,3)/t5-,6-,7?,9?;/m0./s1. The van der Waals surface area contributed by atoms with Crippen LogP contribution in [0, 0.1) is 23.2 Å². The Kier molecular flexibility index (Phi) is 1.87. The largest absolute Gasteiger partial charge is 0.483 e. The lowest BCUT2D eigenvalue weighted by Gasteiger charge is -2.24. The summed E-state index contributed by atoms with van der Waals surface area (Å²) in [6.45, 7) is -0.250. The second-order valence-corrected chi connectivity index (χ2v) is 4.17. The second kappa shape index (κ2) is 2.83. The van der Waals surface area contributed by atoms with Gasteiger partial charge in [0.2, 0.25) is 0 Å². The number of carboxylic acid groups (broad SMARTS) is 2. The molecule has 3 aliphatic rings. The van der Waals surface area contributed by atoms with E-state index in [4.69, 9.17) is 15.0 Å². The highest BCUT2D eigenvalue weighted by Crippen LogP contribution is 2.74. The van der Waals surface area contributed by atoms with Crippen LogP contribution < -0.4 is 0 Å². The number of aliphatic carboxylic acids is 1. The number of allylic oxidation sites excluding steroid dienone is 2. The Labute approximate surface area is 81.2 Å². The monoisotopic (exact) mass is 196 g/mol. The number of carboxylic acids is 1. The van der Waals surface area contributed by atoms with E-state index in [2.05, 4.69) is 12.2 Å². The fourth-order valence-electron chi connectivity index (χ4n) is 2.95. The van der Waals surface area contributed by atoms with Gasteiger partial charge in [0.1, 0.15) is 0 Å². The van der Waals surface area contributed by atoms with Gasteiger partial charge in [0.25, 0.3) is 6.47 Å². The molecule has 2 N–H and O–H groups in total. The minimum atomic E-state index is -0.580. The lowest BCUT2D eigenvalue weighted by molar-refractivity contribution is -0.142. The number of hydrogen-bond acceptors (Lipinski definition) is 2. The Balaban J connectivity index is 0.000000226. The van der Waals surface area contributed by atoms with Crippen LogP contribution in [-0.2, 0) is 9.59 Å². The lowest BCUT2D eigenvalue weighted by atomic mass is 9.80. The molecule has 2 fully saturated rings. The molecule has 0 aromatic rings. The smallest absolute Gasteiger partial charge is 0.306 e. The highest BCUT2D eigenvalue weighted by Gasteiger charge is 2.69. The van der Waals surface area contributed by atoms with Crippen molar-refractivity contribution < 1.29 is 19.8 Å². The van der Waals surface area contributed by atoms with E-state index in [-0.39, 0.29) is 12.4 Å². The first-order valence-electron chi connectivity index (χ1n) is 4.65. The summed E-state index contributed by atoms with van der Waals surface area (Å²) in [5.74, 6) is 0.502. The summed E-state index contributed by atoms with van der Waals surface area (Å²) in [5, 5.41) is 15.7. The highest BCUT2D eigenvalue weighted by molar-refractivity contribution is 5.73. The van der Waals surface area contributed by atoms with E-state index in [0.717, 1.165) is 12.8 Å². The van der Waals surface area contributed by atoms with Gasteiger partial charge in [-0.1, -0.05) is 12.2 Å². The van der Waals surface area contributed by atoms with Crippen molar-refractivity contribution in [2.45, 2.75) is 12.8 Å².